The summed E-state index contributed by atoms with van der Waals surface area (Å²) >= 11 is 0. The number of methoxy groups -OCH3 is 1. The molecule has 1 aliphatic heterocycles. The molecule has 6 heteroatoms. The van der Waals surface area contributed by atoms with Gasteiger partial charge in [-0.1, -0.05) is 19.3 Å². The van der Waals surface area contributed by atoms with Gasteiger partial charge in [0.05, 0.1) is 24.4 Å². The van der Waals surface area contributed by atoms with E-state index in [1.165, 1.54) is 38.9 Å². The molecule has 148 valence electrons. The van der Waals surface area contributed by atoms with Crippen LogP contribution in [-0.4, -0.2) is 47.7 Å². The van der Waals surface area contributed by atoms with Crippen LogP contribution in [0.25, 0.3) is 0 Å². The van der Waals surface area contributed by atoms with Crippen molar-refractivity contribution < 1.29 is 14.6 Å². The number of benzene rings is 1. The number of ether oxygens (including phenoxy) is 1. The number of guanidine groups is 1. The molecule has 6 nitrogen and oxygen atoms in total. The van der Waals surface area contributed by atoms with E-state index in [0.717, 1.165) is 38.2 Å². The zero-order valence-electron chi connectivity index (χ0n) is 16.4. The predicted octanol–water partition coefficient (Wildman–Crippen LogP) is 4.15. The van der Waals surface area contributed by atoms with Crippen LogP contribution in [0.4, 0.5) is 5.69 Å². The van der Waals surface area contributed by atoms with Crippen molar-refractivity contribution in [3.05, 3.63) is 23.8 Å². The number of hydrogen-bond acceptors (Lipinski definition) is 4. The van der Waals surface area contributed by atoms with Gasteiger partial charge in [-0.25, -0.2) is 9.79 Å². The fourth-order valence-electron chi connectivity index (χ4n) is 3.98. The van der Waals surface area contributed by atoms with Crippen LogP contribution in [0.15, 0.2) is 23.2 Å². The van der Waals surface area contributed by atoms with Crippen LogP contribution in [0.2, 0.25) is 0 Å². The van der Waals surface area contributed by atoms with E-state index in [-0.39, 0.29) is 5.75 Å². The van der Waals surface area contributed by atoms with Crippen molar-refractivity contribution in [1.82, 2.24) is 4.90 Å². The second-order valence-corrected chi connectivity index (χ2v) is 7.63. The zero-order valence-corrected chi connectivity index (χ0v) is 16.4. The van der Waals surface area contributed by atoms with Gasteiger partial charge in [0.15, 0.2) is 5.96 Å². The van der Waals surface area contributed by atoms with E-state index in [2.05, 4.69) is 17.1 Å². The monoisotopic (exact) mass is 373 g/mol. The summed E-state index contributed by atoms with van der Waals surface area (Å²) < 4.78 is 4.80. The van der Waals surface area contributed by atoms with Gasteiger partial charge in [0.1, 0.15) is 5.75 Å². The summed E-state index contributed by atoms with van der Waals surface area (Å²) in [5, 5.41) is 13.7. The van der Waals surface area contributed by atoms with Crippen LogP contribution >= 0.6 is 0 Å². The largest absolute Gasteiger partial charge is 0.506 e. The molecule has 0 aromatic heterocycles. The lowest BCUT2D eigenvalue weighted by atomic mass is 9.96. The molecular formula is C21H31N3O3. The lowest BCUT2D eigenvalue weighted by Gasteiger charge is -2.37. The van der Waals surface area contributed by atoms with E-state index in [1.54, 1.807) is 12.1 Å². The molecule has 1 saturated carbocycles. The number of nitrogens with one attached hydrogen (secondary N) is 1. The zero-order chi connectivity index (χ0) is 19.2. The Morgan fingerprint density at radius 3 is 2.63 bits per heavy atom. The van der Waals surface area contributed by atoms with Crippen LogP contribution in [0.1, 0.15) is 68.6 Å². The van der Waals surface area contributed by atoms with Gasteiger partial charge in [-0.2, -0.15) is 0 Å². The first kappa shape index (κ1) is 19.5. The molecule has 0 amide bonds. The first-order chi connectivity index (χ1) is 13.1. The number of hydrogen-bond donors (Lipinski definition) is 2. The SMILES string of the molecule is COC(=O)c1ccc(O)c(NC(=NC2CCCCC2)N2CCCCC2C)c1. The molecule has 1 saturated heterocycles. The van der Waals surface area contributed by atoms with Crippen molar-refractivity contribution in [2.24, 2.45) is 4.99 Å². The van der Waals surface area contributed by atoms with E-state index in [4.69, 9.17) is 9.73 Å². The molecule has 0 radical (unpaired) electrons. The number of nitrogens with zero attached hydrogens (tertiary/aromatic N) is 2. The number of anilines is 1. The van der Waals surface area contributed by atoms with Gasteiger partial charge < -0.3 is 20.1 Å². The van der Waals surface area contributed by atoms with Crippen LogP contribution in [0.3, 0.4) is 0 Å². The highest BCUT2D eigenvalue weighted by Crippen LogP contribution is 2.28. The molecule has 1 heterocycles. The van der Waals surface area contributed by atoms with Crippen molar-refractivity contribution in [2.45, 2.75) is 70.4 Å². The number of carbonyl (C=O) groups excluding carboxylic acids is 1. The fourth-order valence-corrected chi connectivity index (χ4v) is 3.98. The lowest BCUT2D eigenvalue weighted by Crippen LogP contribution is -2.46. The Morgan fingerprint density at radius 2 is 1.93 bits per heavy atom. The van der Waals surface area contributed by atoms with Crippen molar-refractivity contribution in [1.29, 1.82) is 0 Å². The number of phenolic OH excluding ortho intramolecular Hbond substituents is 1. The molecular weight excluding hydrogens is 342 g/mol. The summed E-state index contributed by atoms with van der Waals surface area (Å²) in [5.41, 5.74) is 0.895. The lowest BCUT2D eigenvalue weighted by molar-refractivity contribution is 0.0601. The molecule has 0 bridgehead atoms. The van der Waals surface area contributed by atoms with E-state index in [0.29, 0.717) is 23.3 Å². The molecule has 1 atom stereocenters. The molecule has 27 heavy (non-hydrogen) atoms. The summed E-state index contributed by atoms with van der Waals surface area (Å²) in [6.45, 7) is 3.18. The summed E-state index contributed by atoms with van der Waals surface area (Å²) in [4.78, 5) is 19.2. The number of aliphatic imine (C=N–C) groups is 1. The Balaban J connectivity index is 1.88. The van der Waals surface area contributed by atoms with Gasteiger partial charge in [-0.3, -0.25) is 0 Å². The third-order valence-electron chi connectivity index (χ3n) is 5.62. The maximum atomic E-state index is 11.9. The average Bonchev–Trinajstić information content (AvgIpc) is 2.69. The Labute approximate surface area is 161 Å². The predicted molar refractivity (Wildman–Crippen MR) is 107 cm³/mol. The van der Waals surface area contributed by atoms with E-state index >= 15 is 0 Å². The standard InChI is InChI=1S/C21H31N3O3/c1-15-8-6-7-13-24(15)21(22-17-9-4-3-5-10-17)23-18-14-16(20(26)27-2)11-12-19(18)25/h11-12,14-15,17,25H,3-10,13H2,1-2H3,(H,22,23). The first-order valence-electron chi connectivity index (χ1n) is 10.1. The number of carbonyl (C=O) groups is 1. The number of rotatable bonds is 3. The molecule has 2 aliphatic rings. The molecule has 0 spiro atoms. The molecule has 1 aromatic rings. The number of aromatic hydroxyl groups is 1. The number of phenols is 1. The third-order valence-corrected chi connectivity index (χ3v) is 5.62. The summed E-state index contributed by atoms with van der Waals surface area (Å²) in [7, 11) is 1.35. The van der Waals surface area contributed by atoms with Gasteiger partial charge in [-0.05, 0) is 57.2 Å². The minimum Gasteiger partial charge on any atom is -0.506 e. The van der Waals surface area contributed by atoms with Crippen molar-refractivity contribution in [3.63, 3.8) is 0 Å². The van der Waals surface area contributed by atoms with E-state index in [1.807, 2.05) is 0 Å². The minimum absolute atomic E-state index is 0.101. The molecule has 2 N–H and O–H groups in total. The van der Waals surface area contributed by atoms with Crippen LogP contribution in [0, 0.1) is 0 Å². The highest BCUT2D eigenvalue weighted by atomic mass is 16.5. The molecule has 1 aromatic carbocycles. The second-order valence-electron chi connectivity index (χ2n) is 7.63. The van der Waals surface area contributed by atoms with Crippen molar-refractivity contribution in [2.75, 3.05) is 19.0 Å². The first-order valence-corrected chi connectivity index (χ1v) is 10.1. The van der Waals surface area contributed by atoms with E-state index < -0.39 is 5.97 Å². The highest BCUT2D eigenvalue weighted by molar-refractivity contribution is 5.98. The van der Waals surface area contributed by atoms with E-state index in [9.17, 15) is 9.90 Å². The van der Waals surface area contributed by atoms with Crippen LogP contribution < -0.4 is 5.32 Å². The van der Waals surface area contributed by atoms with Gasteiger partial charge in [-0.15, -0.1) is 0 Å². The average molecular weight is 373 g/mol. The van der Waals surface area contributed by atoms with Crippen molar-refractivity contribution in [3.8, 4) is 5.75 Å². The molecule has 2 fully saturated rings. The number of esters is 1. The van der Waals surface area contributed by atoms with Gasteiger partial charge >= 0.3 is 5.97 Å². The Morgan fingerprint density at radius 1 is 1.19 bits per heavy atom. The molecule has 1 unspecified atom stereocenters. The Bertz CT molecular complexity index is 683. The number of piperidine rings is 1. The summed E-state index contributed by atoms with van der Waals surface area (Å²) in [5.74, 6) is 0.491. The Kier molecular flexibility index (Phi) is 6.58. The maximum absolute atomic E-state index is 11.9. The summed E-state index contributed by atoms with van der Waals surface area (Å²) in [6.07, 6.45) is 9.47. The minimum atomic E-state index is -0.421. The maximum Gasteiger partial charge on any atom is 0.337 e. The fraction of sp³-hybridized carbons (Fsp3) is 0.619. The Hall–Kier alpha value is -2.24. The molecule has 1 aliphatic carbocycles. The topological polar surface area (TPSA) is 74.2 Å². The second kappa shape index (κ2) is 9.11. The van der Waals surface area contributed by atoms with Crippen molar-refractivity contribution >= 4 is 17.6 Å². The number of likely N-dealkylation sites (tertiary alicyclic amines) is 1. The molecule has 3 rings (SSSR count). The van der Waals surface area contributed by atoms with Crippen LogP contribution in [0.5, 0.6) is 5.75 Å². The van der Waals surface area contributed by atoms with Gasteiger partial charge in [0.2, 0.25) is 0 Å². The summed E-state index contributed by atoms with van der Waals surface area (Å²) in [6, 6.07) is 5.44. The van der Waals surface area contributed by atoms with Gasteiger partial charge in [0, 0.05) is 12.6 Å². The van der Waals surface area contributed by atoms with Crippen LogP contribution in [-0.2, 0) is 4.74 Å². The highest BCUT2D eigenvalue weighted by Gasteiger charge is 2.24. The van der Waals surface area contributed by atoms with Gasteiger partial charge in [0.25, 0.3) is 0 Å². The third kappa shape index (κ3) is 4.93. The quantitative estimate of drug-likeness (QED) is 0.360. The smallest absolute Gasteiger partial charge is 0.337 e. The normalized spacial score (nSPS) is 21.8.